The Bertz CT molecular complexity index is 243. The number of hydrogen-bond acceptors (Lipinski definition) is 1. The smallest absolute Gasteiger partial charge is 0.123 e. The zero-order valence-electron chi connectivity index (χ0n) is 8.26. The summed E-state index contributed by atoms with van der Waals surface area (Å²) in [7, 11) is 2.03. The van der Waals surface area contributed by atoms with Crippen molar-refractivity contribution >= 4 is 5.69 Å². The molecule has 0 amide bonds. The largest absolute Gasteiger partial charge is 0.375 e. The van der Waals surface area contributed by atoms with Crippen LogP contribution in [-0.4, -0.2) is 13.6 Å². The number of nitrogens with zero attached hydrogens (tertiary/aromatic N) is 1. The molecule has 0 atom stereocenters. The van der Waals surface area contributed by atoms with E-state index in [1.807, 2.05) is 19.2 Å². The van der Waals surface area contributed by atoms with E-state index in [0.717, 1.165) is 12.2 Å². The number of anilines is 1. The van der Waals surface area contributed by atoms with Crippen molar-refractivity contribution in [1.29, 1.82) is 0 Å². The quantitative estimate of drug-likeness (QED) is 0.690. The highest BCUT2D eigenvalue weighted by atomic mass is 19.1. The molecule has 72 valence electrons. The molecule has 0 aromatic heterocycles. The molecular weight excluding hydrogens is 165 g/mol. The summed E-state index contributed by atoms with van der Waals surface area (Å²) in [5.41, 5.74) is 1.08. The first kappa shape index (κ1) is 10.0. The molecular formula is C11H16FN. The summed E-state index contributed by atoms with van der Waals surface area (Å²) in [5.74, 6) is -0.173. The van der Waals surface area contributed by atoms with Crippen molar-refractivity contribution in [2.45, 2.75) is 19.8 Å². The van der Waals surface area contributed by atoms with E-state index in [1.165, 1.54) is 25.0 Å². The van der Waals surface area contributed by atoms with Crippen LogP contribution in [0.25, 0.3) is 0 Å². The summed E-state index contributed by atoms with van der Waals surface area (Å²) in [5, 5.41) is 0. The second-order valence-corrected chi connectivity index (χ2v) is 3.25. The van der Waals surface area contributed by atoms with Gasteiger partial charge in [-0.3, -0.25) is 0 Å². The highest BCUT2D eigenvalue weighted by Crippen LogP contribution is 2.13. The highest BCUT2D eigenvalue weighted by molar-refractivity contribution is 5.45. The molecule has 1 aromatic carbocycles. The molecule has 2 heteroatoms. The minimum atomic E-state index is -0.173. The maximum atomic E-state index is 12.6. The number of benzene rings is 1. The number of hydrogen-bond donors (Lipinski definition) is 0. The molecule has 0 spiro atoms. The van der Waals surface area contributed by atoms with Gasteiger partial charge in [0.25, 0.3) is 0 Å². The van der Waals surface area contributed by atoms with Gasteiger partial charge in [-0.25, -0.2) is 4.39 Å². The summed E-state index contributed by atoms with van der Waals surface area (Å²) in [4.78, 5) is 2.14. The predicted molar refractivity (Wildman–Crippen MR) is 54.6 cm³/mol. The fourth-order valence-corrected chi connectivity index (χ4v) is 1.22. The third-order valence-corrected chi connectivity index (χ3v) is 2.11. The van der Waals surface area contributed by atoms with Crippen molar-refractivity contribution in [3.63, 3.8) is 0 Å². The third kappa shape index (κ3) is 3.05. The minimum absolute atomic E-state index is 0.173. The van der Waals surface area contributed by atoms with E-state index in [0.29, 0.717) is 0 Å². The summed E-state index contributed by atoms with van der Waals surface area (Å²) < 4.78 is 12.6. The fourth-order valence-electron chi connectivity index (χ4n) is 1.22. The molecule has 1 rings (SSSR count). The normalized spacial score (nSPS) is 10.1. The van der Waals surface area contributed by atoms with Gasteiger partial charge in [-0.2, -0.15) is 0 Å². The lowest BCUT2D eigenvalue weighted by Gasteiger charge is -2.18. The molecule has 0 aliphatic heterocycles. The predicted octanol–water partition coefficient (Wildman–Crippen LogP) is 3.06. The fraction of sp³-hybridized carbons (Fsp3) is 0.455. The van der Waals surface area contributed by atoms with Gasteiger partial charge in [-0.15, -0.1) is 0 Å². The van der Waals surface area contributed by atoms with Crippen LogP contribution in [0.4, 0.5) is 10.1 Å². The lowest BCUT2D eigenvalue weighted by molar-refractivity contribution is 0.627. The van der Waals surface area contributed by atoms with E-state index < -0.39 is 0 Å². The Balaban J connectivity index is 2.55. The Hall–Kier alpha value is -1.05. The first-order valence-electron chi connectivity index (χ1n) is 4.70. The Morgan fingerprint density at radius 1 is 1.23 bits per heavy atom. The summed E-state index contributed by atoms with van der Waals surface area (Å²) in [6.07, 6.45) is 2.36. The lowest BCUT2D eigenvalue weighted by atomic mass is 10.2. The lowest BCUT2D eigenvalue weighted by Crippen LogP contribution is -2.17. The van der Waals surface area contributed by atoms with Crippen molar-refractivity contribution in [2.75, 3.05) is 18.5 Å². The van der Waals surface area contributed by atoms with Crippen molar-refractivity contribution in [1.82, 2.24) is 0 Å². The molecule has 1 nitrogen and oxygen atoms in total. The minimum Gasteiger partial charge on any atom is -0.375 e. The standard InChI is InChI=1S/C11H16FN/c1-3-4-9-13(2)11-7-5-10(12)6-8-11/h5-8H,3-4,9H2,1-2H3. The molecule has 1 aromatic rings. The summed E-state index contributed by atoms with van der Waals surface area (Å²) in [6, 6.07) is 6.62. The molecule has 0 saturated heterocycles. The number of unbranched alkanes of at least 4 members (excludes halogenated alkanes) is 1. The average molecular weight is 181 g/mol. The van der Waals surface area contributed by atoms with Gasteiger partial charge >= 0.3 is 0 Å². The Kier molecular flexibility index (Phi) is 3.74. The van der Waals surface area contributed by atoms with Gasteiger partial charge in [0.15, 0.2) is 0 Å². The second-order valence-electron chi connectivity index (χ2n) is 3.25. The van der Waals surface area contributed by atoms with Crippen LogP contribution in [0.1, 0.15) is 19.8 Å². The van der Waals surface area contributed by atoms with E-state index in [2.05, 4.69) is 11.8 Å². The summed E-state index contributed by atoms with van der Waals surface area (Å²) in [6.45, 7) is 3.20. The zero-order chi connectivity index (χ0) is 9.68. The van der Waals surface area contributed by atoms with Crippen LogP contribution >= 0.6 is 0 Å². The molecule has 0 unspecified atom stereocenters. The van der Waals surface area contributed by atoms with E-state index in [9.17, 15) is 4.39 Å². The zero-order valence-corrected chi connectivity index (χ0v) is 8.26. The van der Waals surface area contributed by atoms with Crippen LogP contribution in [0.2, 0.25) is 0 Å². The van der Waals surface area contributed by atoms with Crippen LogP contribution in [0, 0.1) is 5.82 Å². The molecule has 0 radical (unpaired) electrons. The van der Waals surface area contributed by atoms with Gasteiger partial charge in [0.1, 0.15) is 5.82 Å². The number of halogens is 1. The van der Waals surface area contributed by atoms with E-state index in [1.54, 1.807) is 0 Å². The van der Waals surface area contributed by atoms with Gasteiger partial charge in [-0.05, 0) is 30.7 Å². The van der Waals surface area contributed by atoms with Crippen molar-refractivity contribution < 1.29 is 4.39 Å². The van der Waals surface area contributed by atoms with Gasteiger partial charge < -0.3 is 4.90 Å². The van der Waals surface area contributed by atoms with Gasteiger partial charge in [-0.1, -0.05) is 13.3 Å². The molecule has 0 saturated carbocycles. The average Bonchev–Trinajstić information content (AvgIpc) is 2.15. The molecule has 0 aliphatic carbocycles. The van der Waals surface area contributed by atoms with E-state index >= 15 is 0 Å². The molecule has 0 aliphatic rings. The Morgan fingerprint density at radius 3 is 2.38 bits per heavy atom. The highest BCUT2D eigenvalue weighted by Gasteiger charge is 1.99. The van der Waals surface area contributed by atoms with Gasteiger partial charge in [0.2, 0.25) is 0 Å². The second kappa shape index (κ2) is 4.85. The van der Waals surface area contributed by atoms with E-state index in [-0.39, 0.29) is 5.82 Å². The van der Waals surface area contributed by atoms with Crippen LogP contribution < -0.4 is 4.90 Å². The molecule has 0 fully saturated rings. The molecule has 0 heterocycles. The SMILES string of the molecule is CCCCN(C)c1ccc(F)cc1. The third-order valence-electron chi connectivity index (χ3n) is 2.11. The van der Waals surface area contributed by atoms with Crippen LogP contribution in [-0.2, 0) is 0 Å². The monoisotopic (exact) mass is 181 g/mol. The molecule has 0 N–H and O–H groups in total. The number of rotatable bonds is 4. The Morgan fingerprint density at radius 2 is 1.85 bits per heavy atom. The first-order valence-corrected chi connectivity index (χ1v) is 4.70. The van der Waals surface area contributed by atoms with Gasteiger partial charge in [0, 0.05) is 19.3 Å². The van der Waals surface area contributed by atoms with Gasteiger partial charge in [0.05, 0.1) is 0 Å². The molecule has 0 bridgehead atoms. The van der Waals surface area contributed by atoms with Crippen molar-refractivity contribution in [3.8, 4) is 0 Å². The summed E-state index contributed by atoms with van der Waals surface area (Å²) >= 11 is 0. The maximum absolute atomic E-state index is 12.6. The first-order chi connectivity index (χ1) is 6.24. The van der Waals surface area contributed by atoms with Crippen LogP contribution in [0.3, 0.4) is 0 Å². The van der Waals surface area contributed by atoms with E-state index in [4.69, 9.17) is 0 Å². The Labute approximate surface area is 79.2 Å². The maximum Gasteiger partial charge on any atom is 0.123 e. The molecule has 13 heavy (non-hydrogen) atoms. The van der Waals surface area contributed by atoms with Crippen molar-refractivity contribution in [2.24, 2.45) is 0 Å². The van der Waals surface area contributed by atoms with Crippen LogP contribution in [0.15, 0.2) is 24.3 Å². The van der Waals surface area contributed by atoms with Crippen molar-refractivity contribution in [3.05, 3.63) is 30.1 Å². The van der Waals surface area contributed by atoms with Crippen LogP contribution in [0.5, 0.6) is 0 Å². The topological polar surface area (TPSA) is 3.24 Å².